The fourth-order valence-corrected chi connectivity index (χ4v) is 3.70. The summed E-state index contributed by atoms with van der Waals surface area (Å²) in [6.45, 7) is 0.384. The third-order valence-corrected chi connectivity index (χ3v) is 4.98. The first-order valence-corrected chi connectivity index (χ1v) is 8.33. The Morgan fingerprint density at radius 3 is 2.95 bits per heavy atom. The number of thiophene rings is 1. The summed E-state index contributed by atoms with van der Waals surface area (Å²) in [5.74, 6) is 0.120. The topological polar surface area (TPSA) is 65.8 Å². The van der Waals surface area contributed by atoms with Crippen molar-refractivity contribution in [2.24, 2.45) is 0 Å². The first-order chi connectivity index (χ1) is 10.8. The van der Waals surface area contributed by atoms with Gasteiger partial charge in [0.1, 0.15) is 0 Å². The van der Waals surface area contributed by atoms with E-state index in [9.17, 15) is 4.79 Å². The van der Waals surface area contributed by atoms with Crippen LogP contribution in [-0.2, 0) is 6.54 Å². The van der Waals surface area contributed by atoms with Crippen molar-refractivity contribution in [2.45, 2.75) is 38.3 Å². The van der Waals surface area contributed by atoms with Crippen LogP contribution in [0.25, 0.3) is 10.7 Å². The molecule has 1 aliphatic carbocycles. The minimum atomic E-state index is -0.446. The SMILES string of the molecule is O=c1onc(-c2cccs2)n1Cc1ccn(C2CCCC2)n1. The van der Waals surface area contributed by atoms with Gasteiger partial charge < -0.3 is 0 Å². The van der Waals surface area contributed by atoms with Gasteiger partial charge in [0, 0.05) is 6.20 Å². The molecule has 0 saturated heterocycles. The fourth-order valence-electron chi connectivity index (χ4n) is 2.99. The molecule has 0 aliphatic heterocycles. The lowest BCUT2D eigenvalue weighted by Crippen LogP contribution is -2.17. The van der Waals surface area contributed by atoms with E-state index >= 15 is 0 Å². The molecule has 1 fully saturated rings. The molecule has 3 aromatic rings. The molecule has 4 rings (SSSR count). The zero-order valence-corrected chi connectivity index (χ0v) is 12.8. The molecular weight excluding hydrogens is 300 g/mol. The third-order valence-electron chi connectivity index (χ3n) is 4.11. The highest BCUT2D eigenvalue weighted by Gasteiger charge is 2.19. The zero-order valence-electron chi connectivity index (χ0n) is 12.0. The van der Waals surface area contributed by atoms with E-state index in [4.69, 9.17) is 4.52 Å². The molecule has 0 radical (unpaired) electrons. The van der Waals surface area contributed by atoms with Gasteiger partial charge in [0.15, 0.2) is 5.82 Å². The lowest BCUT2D eigenvalue weighted by Gasteiger charge is -2.08. The Hall–Kier alpha value is -2.15. The summed E-state index contributed by atoms with van der Waals surface area (Å²) in [4.78, 5) is 12.8. The van der Waals surface area contributed by atoms with Crippen molar-refractivity contribution in [3.8, 4) is 10.7 Å². The first kappa shape index (κ1) is 13.5. The predicted octanol–water partition coefficient (Wildman–Crippen LogP) is 2.92. The Morgan fingerprint density at radius 1 is 1.32 bits per heavy atom. The maximum atomic E-state index is 11.9. The van der Waals surface area contributed by atoms with Crippen LogP contribution < -0.4 is 5.76 Å². The summed E-state index contributed by atoms with van der Waals surface area (Å²) in [7, 11) is 0. The maximum absolute atomic E-state index is 11.9. The van der Waals surface area contributed by atoms with Gasteiger partial charge in [0.05, 0.1) is 23.2 Å². The van der Waals surface area contributed by atoms with Crippen LogP contribution >= 0.6 is 11.3 Å². The van der Waals surface area contributed by atoms with Crippen LogP contribution in [0, 0.1) is 0 Å². The number of hydrogen-bond acceptors (Lipinski definition) is 5. The number of hydrogen-bond donors (Lipinski definition) is 0. The summed E-state index contributed by atoms with van der Waals surface area (Å²) in [6, 6.07) is 6.33. The highest BCUT2D eigenvalue weighted by atomic mass is 32.1. The normalized spacial score (nSPS) is 15.6. The molecule has 3 heterocycles. The highest BCUT2D eigenvalue weighted by Crippen LogP contribution is 2.29. The van der Waals surface area contributed by atoms with Gasteiger partial charge in [-0.05, 0) is 30.4 Å². The van der Waals surface area contributed by atoms with E-state index < -0.39 is 5.76 Å². The molecule has 0 atom stereocenters. The van der Waals surface area contributed by atoms with Crippen molar-refractivity contribution in [3.63, 3.8) is 0 Å². The van der Waals surface area contributed by atoms with Crippen LogP contribution in [0.5, 0.6) is 0 Å². The summed E-state index contributed by atoms with van der Waals surface area (Å²) in [6.07, 6.45) is 6.93. The second kappa shape index (κ2) is 5.57. The van der Waals surface area contributed by atoms with E-state index in [1.165, 1.54) is 41.6 Å². The van der Waals surface area contributed by atoms with Crippen molar-refractivity contribution in [1.29, 1.82) is 0 Å². The van der Waals surface area contributed by atoms with Crippen LogP contribution in [-0.4, -0.2) is 19.5 Å². The smallest absolute Gasteiger partial charge is 0.295 e. The van der Waals surface area contributed by atoms with E-state index in [0.717, 1.165) is 10.6 Å². The molecule has 3 aromatic heterocycles. The van der Waals surface area contributed by atoms with E-state index in [-0.39, 0.29) is 0 Å². The van der Waals surface area contributed by atoms with Crippen molar-refractivity contribution in [3.05, 3.63) is 46.0 Å². The Morgan fingerprint density at radius 2 is 2.18 bits per heavy atom. The van der Waals surface area contributed by atoms with Gasteiger partial charge in [-0.15, -0.1) is 11.3 Å². The Labute approximate surface area is 131 Å². The minimum absolute atomic E-state index is 0.384. The Bertz CT molecular complexity index is 809. The molecule has 1 aliphatic rings. The Balaban J connectivity index is 1.61. The lowest BCUT2D eigenvalue weighted by molar-refractivity contribution is 0.377. The largest absolute Gasteiger partial charge is 0.442 e. The quantitative estimate of drug-likeness (QED) is 0.742. The van der Waals surface area contributed by atoms with E-state index in [1.807, 2.05) is 34.5 Å². The van der Waals surface area contributed by atoms with Gasteiger partial charge in [-0.25, -0.2) is 9.36 Å². The average Bonchev–Trinajstić information content (AvgIpc) is 3.27. The second-order valence-corrected chi connectivity index (χ2v) is 6.51. The molecule has 1 saturated carbocycles. The first-order valence-electron chi connectivity index (χ1n) is 7.46. The van der Waals surface area contributed by atoms with Crippen LogP contribution in [0.2, 0.25) is 0 Å². The predicted molar refractivity (Wildman–Crippen MR) is 82.9 cm³/mol. The second-order valence-electron chi connectivity index (χ2n) is 5.56. The summed E-state index contributed by atoms with van der Waals surface area (Å²) in [5.41, 5.74) is 0.856. The van der Waals surface area contributed by atoms with Crippen molar-refractivity contribution >= 4 is 11.3 Å². The van der Waals surface area contributed by atoms with E-state index in [1.54, 1.807) is 0 Å². The van der Waals surface area contributed by atoms with Crippen molar-refractivity contribution in [1.82, 2.24) is 19.5 Å². The van der Waals surface area contributed by atoms with E-state index in [0.29, 0.717) is 18.4 Å². The molecule has 7 heteroatoms. The highest BCUT2D eigenvalue weighted by molar-refractivity contribution is 7.13. The standard InChI is InChI=1S/C15H16N4O2S/c20-15-18(14(17-21-15)13-6-3-9-22-13)10-11-7-8-19(16-11)12-4-1-2-5-12/h3,6-9,12H,1-2,4-5,10H2. The van der Waals surface area contributed by atoms with Crippen molar-refractivity contribution in [2.75, 3.05) is 0 Å². The molecule has 22 heavy (non-hydrogen) atoms. The minimum Gasteiger partial charge on any atom is -0.295 e. The van der Waals surface area contributed by atoms with Gasteiger partial charge in [-0.1, -0.05) is 24.1 Å². The molecule has 0 N–H and O–H groups in total. The van der Waals surface area contributed by atoms with E-state index in [2.05, 4.69) is 10.3 Å². The number of nitrogens with zero attached hydrogens (tertiary/aromatic N) is 4. The summed E-state index contributed by atoms with van der Waals surface area (Å²) < 4.78 is 8.40. The lowest BCUT2D eigenvalue weighted by atomic mass is 10.3. The monoisotopic (exact) mass is 316 g/mol. The number of rotatable bonds is 4. The molecule has 0 bridgehead atoms. The summed E-state index contributed by atoms with van der Waals surface area (Å²) >= 11 is 1.53. The molecule has 6 nitrogen and oxygen atoms in total. The van der Waals surface area contributed by atoms with Gasteiger partial charge in [-0.3, -0.25) is 9.20 Å². The van der Waals surface area contributed by atoms with Crippen molar-refractivity contribution < 1.29 is 4.52 Å². The van der Waals surface area contributed by atoms with Crippen LogP contribution in [0.4, 0.5) is 0 Å². The maximum Gasteiger partial charge on any atom is 0.442 e. The van der Waals surface area contributed by atoms with Crippen LogP contribution in [0.3, 0.4) is 0 Å². The van der Waals surface area contributed by atoms with Crippen LogP contribution in [0.15, 0.2) is 39.1 Å². The van der Waals surface area contributed by atoms with Crippen LogP contribution in [0.1, 0.15) is 37.4 Å². The molecule has 0 spiro atoms. The molecule has 0 unspecified atom stereocenters. The van der Waals surface area contributed by atoms with Gasteiger partial charge >= 0.3 is 5.76 Å². The molecule has 0 amide bonds. The molecule has 0 aromatic carbocycles. The third kappa shape index (κ3) is 2.41. The molecule has 114 valence electrons. The van der Waals surface area contributed by atoms with Gasteiger partial charge in [-0.2, -0.15) is 5.10 Å². The zero-order chi connectivity index (χ0) is 14.9. The fraction of sp³-hybridized carbons (Fsp3) is 0.400. The number of aromatic nitrogens is 4. The average molecular weight is 316 g/mol. The Kier molecular flexibility index (Phi) is 3.42. The van der Waals surface area contributed by atoms with Gasteiger partial charge in [0.25, 0.3) is 0 Å². The summed E-state index contributed by atoms with van der Waals surface area (Å²) in [5, 5.41) is 10.5. The molecular formula is C15H16N4O2S. The van der Waals surface area contributed by atoms with Gasteiger partial charge in [0.2, 0.25) is 0 Å².